The third kappa shape index (κ3) is 2.82. The van der Waals surface area contributed by atoms with Gasteiger partial charge in [-0.15, -0.1) is 0 Å². The summed E-state index contributed by atoms with van der Waals surface area (Å²) in [5.74, 6) is 1.62. The first-order valence-corrected chi connectivity index (χ1v) is 5.80. The Morgan fingerprint density at radius 2 is 1.89 bits per heavy atom. The van der Waals surface area contributed by atoms with Crippen molar-refractivity contribution >= 4 is 17.3 Å². The molecule has 0 saturated carbocycles. The fourth-order valence-electron chi connectivity index (χ4n) is 1.68. The number of benzene rings is 1. The van der Waals surface area contributed by atoms with Gasteiger partial charge in [-0.1, -0.05) is 0 Å². The number of hydrogen-bond donors (Lipinski definition) is 2. The number of rotatable bonds is 4. The maximum atomic E-state index is 7.33. The number of nitrogens with one attached hydrogen (secondary N) is 1. The molecule has 19 heavy (non-hydrogen) atoms. The van der Waals surface area contributed by atoms with Crippen molar-refractivity contribution in [1.82, 2.24) is 4.98 Å². The molecule has 0 radical (unpaired) electrons. The molecular formula is C14H16N4O. The minimum atomic E-state index is 0.0196. The summed E-state index contributed by atoms with van der Waals surface area (Å²) in [6, 6.07) is 11.3. The first-order chi connectivity index (χ1) is 9.11. The van der Waals surface area contributed by atoms with E-state index in [1.807, 2.05) is 42.3 Å². The van der Waals surface area contributed by atoms with Crippen LogP contribution in [-0.2, 0) is 0 Å². The molecule has 0 aliphatic heterocycles. The van der Waals surface area contributed by atoms with Crippen molar-refractivity contribution in [1.29, 1.82) is 5.41 Å². The van der Waals surface area contributed by atoms with Crippen LogP contribution in [-0.4, -0.2) is 25.0 Å². The van der Waals surface area contributed by atoms with E-state index in [4.69, 9.17) is 15.9 Å². The molecule has 1 heterocycles. The number of aromatic nitrogens is 1. The van der Waals surface area contributed by atoms with Gasteiger partial charge in [-0.3, -0.25) is 5.41 Å². The van der Waals surface area contributed by atoms with Crippen molar-refractivity contribution in [2.75, 3.05) is 19.1 Å². The summed E-state index contributed by atoms with van der Waals surface area (Å²) in [7, 11) is 3.57. The highest BCUT2D eigenvalue weighted by Crippen LogP contribution is 2.23. The highest BCUT2D eigenvalue weighted by molar-refractivity contribution is 5.94. The number of hydrogen-bond acceptors (Lipinski definition) is 4. The van der Waals surface area contributed by atoms with Crippen LogP contribution in [0.15, 0.2) is 42.6 Å². The van der Waals surface area contributed by atoms with Crippen LogP contribution in [0.1, 0.15) is 5.56 Å². The standard InChI is InChI=1S/C14H16N4O/c1-18(11-4-6-12(19-2)7-5-11)13-8-3-10(9-17-13)14(15)16/h3-9H,1-2H3,(H3,15,16). The summed E-state index contributed by atoms with van der Waals surface area (Å²) in [5.41, 5.74) is 7.02. The van der Waals surface area contributed by atoms with E-state index in [1.54, 1.807) is 19.4 Å². The van der Waals surface area contributed by atoms with Crippen LogP contribution in [0.3, 0.4) is 0 Å². The van der Waals surface area contributed by atoms with E-state index in [-0.39, 0.29) is 5.84 Å². The summed E-state index contributed by atoms with van der Waals surface area (Å²) in [5, 5.41) is 7.33. The number of nitrogen functional groups attached to an aromatic ring is 1. The van der Waals surface area contributed by atoms with Crippen LogP contribution < -0.4 is 15.4 Å². The molecule has 0 bridgehead atoms. The summed E-state index contributed by atoms with van der Waals surface area (Å²) < 4.78 is 5.13. The van der Waals surface area contributed by atoms with Crippen molar-refractivity contribution < 1.29 is 4.74 Å². The molecule has 0 saturated heterocycles. The summed E-state index contributed by atoms with van der Waals surface area (Å²) >= 11 is 0. The molecule has 98 valence electrons. The van der Waals surface area contributed by atoms with Crippen LogP contribution in [0.4, 0.5) is 11.5 Å². The second-order valence-electron chi connectivity index (χ2n) is 4.08. The van der Waals surface area contributed by atoms with Gasteiger partial charge in [-0.2, -0.15) is 0 Å². The van der Waals surface area contributed by atoms with Gasteiger partial charge in [0.1, 0.15) is 17.4 Å². The van der Waals surface area contributed by atoms with Crippen LogP contribution >= 0.6 is 0 Å². The van der Waals surface area contributed by atoms with Crippen molar-refractivity contribution in [3.63, 3.8) is 0 Å². The van der Waals surface area contributed by atoms with E-state index in [1.165, 1.54) is 0 Å². The third-order valence-electron chi connectivity index (χ3n) is 2.86. The van der Waals surface area contributed by atoms with Gasteiger partial charge in [0.15, 0.2) is 0 Å². The fourth-order valence-corrected chi connectivity index (χ4v) is 1.68. The normalized spacial score (nSPS) is 10.0. The molecule has 3 N–H and O–H groups in total. The van der Waals surface area contributed by atoms with Gasteiger partial charge in [-0.25, -0.2) is 4.98 Å². The molecule has 0 amide bonds. The maximum absolute atomic E-state index is 7.33. The lowest BCUT2D eigenvalue weighted by Gasteiger charge is -2.18. The predicted molar refractivity (Wildman–Crippen MR) is 76.3 cm³/mol. The first-order valence-electron chi connectivity index (χ1n) is 5.80. The van der Waals surface area contributed by atoms with Crippen molar-refractivity contribution in [2.24, 2.45) is 5.73 Å². The number of anilines is 2. The minimum Gasteiger partial charge on any atom is -0.497 e. The van der Waals surface area contributed by atoms with E-state index in [9.17, 15) is 0 Å². The topological polar surface area (TPSA) is 75.2 Å². The molecule has 1 aromatic heterocycles. The zero-order valence-corrected chi connectivity index (χ0v) is 10.9. The van der Waals surface area contributed by atoms with Crippen LogP contribution in [0, 0.1) is 5.41 Å². The van der Waals surface area contributed by atoms with Gasteiger partial charge >= 0.3 is 0 Å². The average Bonchev–Trinajstić information content (AvgIpc) is 2.46. The van der Waals surface area contributed by atoms with E-state index in [0.717, 1.165) is 17.3 Å². The summed E-state index contributed by atoms with van der Waals surface area (Å²) in [6.45, 7) is 0. The van der Waals surface area contributed by atoms with Gasteiger partial charge in [-0.05, 0) is 36.4 Å². The van der Waals surface area contributed by atoms with Gasteiger partial charge in [0.25, 0.3) is 0 Å². The Morgan fingerprint density at radius 3 is 2.37 bits per heavy atom. The van der Waals surface area contributed by atoms with E-state index in [0.29, 0.717) is 5.56 Å². The Bertz CT molecular complexity index is 563. The maximum Gasteiger partial charge on any atom is 0.132 e. The minimum absolute atomic E-state index is 0.0196. The molecule has 5 nitrogen and oxygen atoms in total. The Morgan fingerprint density at radius 1 is 1.21 bits per heavy atom. The molecule has 5 heteroatoms. The van der Waals surface area contributed by atoms with Crippen molar-refractivity contribution in [3.05, 3.63) is 48.2 Å². The van der Waals surface area contributed by atoms with Crippen molar-refractivity contribution in [2.45, 2.75) is 0 Å². The molecule has 2 rings (SSSR count). The molecular weight excluding hydrogens is 240 g/mol. The van der Waals surface area contributed by atoms with E-state index >= 15 is 0 Å². The summed E-state index contributed by atoms with van der Waals surface area (Å²) in [6.07, 6.45) is 1.59. The van der Waals surface area contributed by atoms with Gasteiger partial charge in [0, 0.05) is 24.5 Å². The Hall–Kier alpha value is -2.56. The number of methoxy groups -OCH3 is 1. The lowest BCUT2D eigenvalue weighted by atomic mass is 10.2. The molecule has 0 unspecified atom stereocenters. The molecule has 0 fully saturated rings. The quantitative estimate of drug-likeness (QED) is 0.649. The lowest BCUT2D eigenvalue weighted by Crippen LogP contribution is -2.14. The van der Waals surface area contributed by atoms with Gasteiger partial charge in [0.2, 0.25) is 0 Å². The monoisotopic (exact) mass is 256 g/mol. The SMILES string of the molecule is COc1ccc(N(C)c2ccc(C(=N)N)cn2)cc1. The molecule has 0 aliphatic carbocycles. The number of nitrogens with zero attached hydrogens (tertiary/aromatic N) is 2. The highest BCUT2D eigenvalue weighted by Gasteiger charge is 2.06. The first kappa shape index (κ1) is 12.9. The number of nitrogens with two attached hydrogens (primary N) is 1. The lowest BCUT2D eigenvalue weighted by molar-refractivity contribution is 0.415. The zero-order chi connectivity index (χ0) is 13.8. The Labute approximate surface area is 112 Å². The second kappa shape index (κ2) is 5.39. The van der Waals surface area contributed by atoms with Crippen LogP contribution in [0.5, 0.6) is 5.75 Å². The van der Waals surface area contributed by atoms with Gasteiger partial charge < -0.3 is 15.4 Å². The predicted octanol–water partition coefficient (Wildman–Crippen LogP) is 2.14. The molecule has 1 aromatic carbocycles. The highest BCUT2D eigenvalue weighted by atomic mass is 16.5. The molecule has 0 spiro atoms. The largest absolute Gasteiger partial charge is 0.497 e. The Kier molecular flexibility index (Phi) is 3.66. The van der Waals surface area contributed by atoms with Gasteiger partial charge in [0.05, 0.1) is 7.11 Å². The van der Waals surface area contributed by atoms with Crippen molar-refractivity contribution in [3.8, 4) is 5.75 Å². The van der Waals surface area contributed by atoms with E-state index in [2.05, 4.69) is 4.98 Å². The number of amidine groups is 1. The van der Waals surface area contributed by atoms with Crippen LogP contribution in [0.25, 0.3) is 0 Å². The van der Waals surface area contributed by atoms with Crippen LogP contribution in [0.2, 0.25) is 0 Å². The molecule has 0 atom stereocenters. The second-order valence-corrected chi connectivity index (χ2v) is 4.08. The smallest absolute Gasteiger partial charge is 0.132 e. The summed E-state index contributed by atoms with van der Waals surface area (Å²) in [4.78, 5) is 6.24. The molecule has 0 aliphatic rings. The third-order valence-corrected chi connectivity index (χ3v) is 2.86. The number of ether oxygens (including phenoxy) is 1. The average molecular weight is 256 g/mol. The molecule has 2 aromatic rings. The van der Waals surface area contributed by atoms with E-state index < -0.39 is 0 Å². The number of pyridine rings is 1. The zero-order valence-electron chi connectivity index (χ0n) is 10.9. The fraction of sp³-hybridized carbons (Fsp3) is 0.143. The Balaban J connectivity index is 2.22.